The molecule has 2 saturated heterocycles. The van der Waals surface area contributed by atoms with Crippen molar-refractivity contribution in [3.05, 3.63) is 35.9 Å². The SMILES string of the molecule is N#C[C@@H]1C[C@@H]2C(=O)CC[C@H]1N2Cc1ccccc1. The molecule has 3 nitrogen and oxygen atoms in total. The van der Waals surface area contributed by atoms with Gasteiger partial charge in [-0.15, -0.1) is 0 Å². The van der Waals surface area contributed by atoms with Crippen molar-refractivity contribution in [1.82, 2.24) is 4.90 Å². The molecule has 3 heteroatoms. The molecule has 1 aromatic carbocycles. The van der Waals surface area contributed by atoms with Crippen molar-refractivity contribution in [3.8, 4) is 6.07 Å². The van der Waals surface area contributed by atoms with Gasteiger partial charge in [0.15, 0.2) is 0 Å². The van der Waals surface area contributed by atoms with Gasteiger partial charge < -0.3 is 0 Å². The smallest absolute Gasteiger partial charge is 0.150 e. The third-order valence-corrected chi connectivity index (χ3v) is 4.20. The summed E-state index contributed by atoms with van der Waals surface area (Å²) in [6.45, 7) is 0.792. The predicted molar refractivity (Wildman–Crippen MR) is 67.5 cm³/mol. The van der Waals surface area contributed by atoms with Gasteiger partial charge in [0, 0.05) is 19.0 Å². The third-order valence-electron chi connectivity index (χ3n) is 4.20. The average Bonchev–Trinajstić information content (AvgIpc) is 2.65. The van der Waals surface area contributed by atoms with E-state index in [-0.39, 0.29) is 18.0 Å². The Morgan fingerprint density at radius 2 is 2.11 bits per heavy atom. The Morgan fingerprint density at radius 1 is 1.33 bits per heavy atom. The first-order valence-electron chi connectivity index (χ1n) is 6.51. The van der Waals surface area contributed by atoms with Crippen LogP contribution in [-0.4, -0.2) is 22.8 Å². The minimum absolute atomic E-state index is 0.0198. The van der Waals surface area contributed by atoms with Gasteiger partial charge in [-0.1, -0.05) is 30.3 Å². The lowest BCUT2D eigenvalue weighted by molar-refractivity contribution is -0.126. The molecule has 0 amide bonds. The van der Waals surface area contributed by atoms with E-state index in [4.69, 9.17) is 0 Å². The topological polar surface area (TPSA) is 44.1 Å². The molecule has 92 valence electrons. The van der Waals surface area contributed by atoms with E-state index >= 15 is 0 Å². The molecule has 3 rings (SSSR count). The molecule has 18 heavy (non-hydrogen) atoms. The van der Waals surface area contributed by atoms with Crippen molar-refractivity contribution < 1.29 is 4.79 Å². The van der Waals surface area contributed by atoms with Crippen molar-refractivity contribution in [1.29, 1.82) is 5.26 Å². The number of piperidine rings is 1. The minimum Gasteiger partial charge on any atom is -0.298 e. The number of ketones is 1. The Morgan fingerprint density at radius 3 is 2.83 bits per heavy atom. The van der Waals surface area contributed by atoms with E-state index in [1.54, 1.807) is 0 Å². The molecule has 1 aromatic rings. The third kappa shape index (κ3) is 1.83. The molecule has 2 fully saturated rings. The van der Waals surface area contributed by atoms with Crippen LogP contribution in [0, 0.1) is 17.2 Å². The highest BCUT2D eigenvalue weighted by molar-refractivity contribution is 5.85. The first-order chi connectivity index (χ1) is 8.79. The Labute approximate surface area is 107 Å². The van der Waals surface area contributed by atoms with Crippen LogP contribution < -0.4 is 0 Å². The molecule has 0 unspecified atom stereocenters. The quantitative estimate of drug-likeness (QED) is 0.795. The number of carbonyl (C=O) groups is 1. The van der Waals surface area contributed by atoms with Gasteiger partial charge in [-0.2, -0.15) is 5.26 Å². The monoisotopic (exact) mass is 240 g/mol. The number of rotatable bonds is 2. The Hall–Kier alpha value is -1.66. The number of Topliss-reactive ketones (excluding diaryl/α,β-unsaturated/α-hetero) is 1. The lowest BCUT2D eigenvalue weighted by Crippen LogP contribution is -2.45. The van der Waals surface area contributed by atoms with Crippen LogP contribution in [0.3, 0.4) is 0 Å². The summed E-state index contributed by atoms with van der Waals surface area (Å²) in [5.74, 6) is 0.352. The van der Waals surface area contributed by atoms with Gasteiger partial charge in [0.1, 0.15) is 5.78 Å². The summed E-state index contributed by atoms with van der Waals surface area (Å²) in [7, 11) is 0. The van der Waals surface area contributed by atoms with Crippen LogP contribution >= 0.6 is 0 Å². The van der Waals surface area contributed by atoms with E-state index < -0.39 is 0 Å². The summed E-state index contributed by atoms with van der Waals surface area (Å²) >= 11 is 0. The van der Waals surface area contributed by atoms with Crippen molar-refractivity contribution >= 4 is 5.78 Å². The van der Waals surface area contributed by atoms with Crippen molar-refractivity contribution in [3.63, 3.8) is 0 Å². The normalized spacial score (nSPS) is 31.3. The minimum atomic E-state index is -0.0198. The van der Waals surface area contributed by atoms with Crippen LogP contribution in [0.25, 0.3) is 0 Å². The van der Waals surface area contributed by atoms with Crippen LogP contribution in [0.4, 0.5) is 0 Å². The Kier molecular flexibility index (Phi) is 2.89. The second-order valence-corrected chi connectivity index (χ2v) is 5.22. The first-order valence-corrected chi connectivity index (χ1v) is 6.51. The highest BCUT2D eigenvalue weighted by Crippen LogP contribution is 2.38. The number of hydrogen-bond donors (Lipinski definition) is 0. The first kappa shape index (κ1) is 11.4. The molecule has 3 atom stereocenters. The summed E-state index contributed by atoms with van der Waals surface area (Å²) in [5.41, 5.74) is 1.22. The molecule has 0 aliphatic carbocycles. The fourth-order valence-electron chi connectivity index (χ4n) is 3.30. The molecule has 2 aliphatic rings. The molecule has 0 N–H and O–H groups in total. The van der Waals surface area contributed by atoms with Crippen molar-refractivity contribution in [2.24, 2.45) is 5.92 Å². The zero-order valence-corrected chi connectivity index (χ0v) is 10.2. The van der Waals surface area contributed by atoms with Crippen molar-refractivity contribution in [2.75, 3.05) is 0 Å². The van der Waals surface area contributed by atoms with Crippen LogP contribution in [0.2, 0.25) is 0 Å². The van der Waals surface area contributed by atoms with E-state index in [1.807, 2.05) is 18.2 Å². The maximum Gasteiger partial charge on any atom is 0.150 e. The van der Waals surface area contributed by atoms with Crippen LogP contribution in [0.1, 0.15) is 24.8 Å². The summed E-state index contributed by atoms with van der Waals surface area (Å²) in [4.78, 5) is 14.2. The zero-order valence-electron chi connectivity index (χ0n) is 10.2. The molecule has 2 heterocycles. The maximum absolute atomic E-state index is 12.0. The standard InChI is InChI=1S/C15H16N2O/c16-9-12-8-14-15(18)7-6-13(12)17(14)10-11-4-2-1-3-5-11/h1-5,12-14H,6-8,10H2/t12-,13+,14+/m0/s1. The fraction of sp³-hybridized carbons (Fsp3) is 0.467. The summed E-state index contributed by atoms with van der Waals surface area (Å²) in [5, 5.41) is 9.20. The van der Waals surface area contributed by atoms with Crippen LogP contribution in [0.15, 0.2) is 30.3 Å². The molecule has 0 spiro atoms. The lowest BCUT2D eigenvalue weighted by Gasteiger charge is -2.34. The van der Waals surface area contributed by atoms with E-state index in [0.29, 0.717) is 12.2 Å². The molecule has 0 radical (unpaired) electrons. The summed E-state index contributed by atoms with van der Waals surface area (Å²) in [6, 6.07) is 12.8. The molecule has 2 bridgehead atoms. The molecular formula is C15H16N2O. The number of nitriles is 1. The van der Waals surface area contributed by atoms with Gasteiger partial charge in [-0.25, -0.2) is 0 Å². The lowest BCUT2D eigenvalue weighted by atomic mass is 9.98. The van der Waals surface area contributed by atoms with Gasteiger partial charge >= 0.3 is 0 Å². The largest absolute Gasteiger partial charge is 0.298 e. The average molecular weight is 240 g/mol. The molecule has 0 saturated carbocycles. The van der Waals surface area contributed by atoms with Gasteiger partial charge in [0.05, 0.1) is 18.0 Å². The van der Waals surface area contributed by atoms with E-state index in [0.717, 1.165) is 19.4 Å². The fourth-order valence-corrected chi connectivity index (χ4v) is 3.30. The Balaban J connectivity index is 1.84. The number of fused-ring (bicyclic) bond motifs is 2. The number of nitrogens with zero attached hydrogens (tertiary/aromatic N) is 2. The number of carbonyl (C=O) groups excluding carboxylic acids is 1. The van der Waals surface area contributed by atoms with Gasteiger partial charge in [0.25, 0.3) is 0 Å². The van der Waals surface area contributed by atoms with Crippen LogP contribution in [0.5, 0.6) is 0 Å². The Bertz CT molecular complexity index is 491. The van der Waals surface area contributed by atoms with E-state index in [1.165, 1.54) is 5.56 Å². The zero-order chi connectivity index (χ0) is 12.5. The van der Waals surface area contributed by atoms with Gasteiger partial charge in [-0.05, 0) is 18.4 Å². The highest BCUT2D eigenvalue weighted by Gasteiger charge is 2.47. The maximum atomic E-state index is 12.0. The van der Waals surface area contributed by atoms with E-state index in [9.17, 15) is 10.1 Å². The van der Waals surface area contributed by atoms with Gasteiger partial charge in [0.2, 0.25) is 0 Å². The molecular weight excluding hydrogens is 224 g/mol. The number of hydrogen-bond acceptors (Lipinski definition) is 3. The van der Waals surface area contributed by atoms with Crippen molar-refractivity contribution in [2.45, 2.75) is 37.9 Å². The summed E-state index contributed by atoms with van der Waals surface area (Å²) in [6.07, 6.45) is 2.23. The number of benzene rings is 1. The van der Waals surface area contributed by atoms with Gasteiger partial charge in [-0.3, -0.25) is 9.69 Å². The molecule has 0 aromatic heterocycles. The second kappa shape index (κ2) is 4.55. The summed E-state index contributed by atoms with van der Waals surface area (Å²) < 4.78 is 0. The predicted octanol–water partition coefficient (Wildman–Crippen LogP) is 2.13. The second-order valence-electron chi connectivity index (χ2n) is 5.22. The van der Waals surface area contributed by atoms with Crippen LogP contribution in [-0.2, 0) is 11.3 Å². The van der Waals surface area contributed by atoms with E-state index in [2.05, 4.69) is 23.1 Å². The molecule has 2 aliphatic heterocycles. The highest BCUT2D eigenvalue weighted by atomic mass is 16.1.